The SMILES string of the molecule is C/C=C\C(C)(C)NC(=O)c1cc(NC(=O)Cc2c(C)nn(C(C)C)c2C)ccn1. The van der Waals surface area contributed by atoms with E-state index in [1.807, 2.05) is 51.5 Å². The summed E-state index contributed by atoms with van der Waals surface area (Å²) in [6.07, 6.45) is 5.53. The summed E-state index contributed by atoms with van der Waals surface area (Å²) in [5.41, 5.74) is 3.07. The molecule has 7 heteroatoms. The van der Waals surface area contributed by atoms with Crippen LogP contribution in [0.5, 0.6) is 0 Å². The molecule has 156 valence electrons. The number of hydrogen-bond donors (Lipinski definition) is 2. The number of rotatable bonds is 7. The fourth-order valence-electron chi connectivity index (χ4n) is 3.27. The highest BCUT2D eigenvalue weighted by Crippen LogP contribution is 2.19. The summed E-state index contributed by atoms with van der Waals surface area (Å²) >= 11 is 0. The number of carbonyl (C=O) groups is 2. The van der Waals surface area contributed by atoms with Crippen LogP contribution in [0.1, 0.15) is 68.1 Å². The summed E-state index contributed by atoms with van der Waals surface area (Å²) in [5.74, 6) is -0.458. The van der Waals surface area contributed by atoms with Crippen molar-refractivity contribution in [3.63, 3.8) is 0 Å². The molecule has 0 aliphatic carbocycles. The van der Waals surface area contributed by atoms with Crippen molar-refractivity contribution in [2.45, 2.75) is 66.5 Å². The second-order valence-electron chi connectivity index (χ2n) is 8.02. The van der Waals surface area contributed by atoms with Crippen molar-refractivity contribution >= 4 is 17.5 Å². The summed E-state index contributed by atoms with van der Waals surface area (Å²) in [7, 11) is 0. The Bertz CT molecular complexity index is 925. The van der Waals surface area contributed by atoms with E-state index in [9.17, 15) is 9.59 Å². The zero-order chi connectivity index (χ0) is 21.8. The monoisotopic (exact) mass is 397 g/mol. The van der Waals surface area contributed by atoms with Gasteiger partial charge < -0.3 is 10.6 Å². The van der Waals surface area contributed by atoms with Crippen LogP contribution < -0.4 is 10.6 Å². The van der Waals surface area contributed by atoms with Crippen LogP contribution in [0.25, 0.3) is 0 Å². The first-order valence-electron chi connectivity index (χ1n) is 9.81. The molecule has 0 atom stereocenters. The number of aryl methyl sites for hydroxylation is 1. The van der Waals surface area contributed by atoms with Crippen LogP contribution in [0.2, 0.25) is 0 Å². The smallest absolute Gasteiger partial charge is 0.270 e. The van der Waals surface area contributed by atoms with Crippen molar-refractivity contribution in [1.29, 1.82) is 0 Å². The molecule has 2 aromatic rings. The highest BCUT2D eigenvalue weighted by atomic mass is 16.2. The number of nitrogens with one attached hydrogen (secondary N) is 2. The Hall–Kier alpha value is -2.96. The van der Waals surface area contributed by atoms with E-state index in [1.54, 1.807) is 12.1 Å². The lowest BCUT2D eigenvalue weighted by Gasteiger charge is -2.22. The minimum absolute atomic E-state index is 0.161. The van der Waals surface area contributed by atoms with Gasteiger partial charge in [0.25, 0.3) is 5.91 Å². The summed E-state index contributed by atoms with van der Waals surface area (Å²) in [5, 5.41) is 10.3. The Morgan fingerprint density at radius 3 is 2.55 bits per heavy atom. The van der Waals surface area contributed by atoms with Crippen LogP contribution in [0.3, 0.4) is 0 Å². The third kappa shape index (κ3) is 5.76. The van der Waals surface area contributed by atoms with E-state index < -0.39 is 5.54 Å². The first-order valence-corrected chi connectivity index (χ1v) is 9.81. The normalized spacial score (nSPS) is 11.9. The van der Waals surface area contributed by atoms with Crippen molar-refractivity contribution < 1.29 is 9.59 Å². The summed E-state index contributed by atoms with van der Waals surface area (Å²) in [6, 6.07) is 3.48. The number of allylic oxidation sites excluding steroid dienone is 1. The van der Waals surface area contributed by atoms with E-state index in [0.717, 1.165) is 17.0 Å². The maximum absolute atomic E-state index is 12.6. The molecule has 0 fully saturated rings. The molecule has 2 rings (SSSR count). The molecular weight excluding hydrogens is 366 g/mol. The van der Waals surface area contributed by atoms with E-state index >= 15 is 0 Å². The van der Waals surface area contributed by atoms with Gasteiger partial charge in [0.05, 0.1) is 17.7 Å². The quantitative estimate of drug-likeness (QED) is 0.697. The molecule has 0 unspecified atom stereocenters. The molecule has 7 nitrogen and oxygen atoms in total. The molecule has 0 bridgehead atoms. The van der Waals surface area contributed by atoms with Crippen LogP contribution in [0.15, 0.2) is 30.5 Å². The number of aromatic nitrogens is 3. The van der Waals surface area contributed by atoms with Crippen molar-refractivity contribution in [2.24, 2.45) is 0 Å². The van der Waals surface area contributed by atoms with Crippen LogP contribution in [0, 0.1) is 13.8 Å². The third-order valence-electron chi connectivity index (χ3n) is 4.60. The molecule has 0 radical (unpaired) electrons. The largest absolute Gasteiger partial charge is 0.342 e. The van der Waals surface area contributed by atoms with Crippen LogP contribution in [-0.4, -0.2) is 32.1 Å². The van der Waals surface area contributed by atoms with E-state index in [0.29, 0.717) is 5.69 Å². The van der Waals surface area contributed by atoms with Crippen LogP contribution >= 0.6 is 0 Å². The Balaban J connectivity index is 2.11. The maximum Gasteiger partial charge on any atom is 0.270 e. The fourth-order valence-corrected chi connectivity index (χ4v) is 3.27. The van der Waals surface area contributed by atoms with Crippen molar-refractivity contribution in [3.8, 4) is 0 Å². The van der Waals surface area contributed by atoms with Gasteiger partial charge in [-0.05, 0) is 60.6 Å². The fraction of sp³-hybridized carbons (Fsp3) is 0.455. The predicted molar refractivity (Wildman–Crippen MR) is 115 cm³/mol. The second-order valence-corrected chi connectivity index (χ2v) is 8.02. The lowest BCUT2D eigenvalue weighted by molar-refractivity contribution is -0.115. The Morgan fingerprint density at radius 2 is 1.97 bits per heavy atom. The topological polar surface area (TPSA) is 88.9 Å². The van der Waals surface area contributed by atoms with Crippen molar-refractivity contribution in [1.82, 2.24) is 20.1 Å². The lowest BCUT2D eigenvalue weighted by Crippen LogP contribution is -2.42. The molecule has 0 spiro atoms. The molecule has 2 aromatic heterocycles. The maximum atomic E-state index is 12.6. The van der Waals surface area contributed by atoms with E-state index in [4.69, 9.17) is 0 Å². The van der Waals surface area contributed by atoms with Gasteiger partial charge in [0.2, 0.25) is 5.91 Å². The molecule has 0 saturated carbocycles. The van der Waals surface area contributed by atoms with Gasteiger partial charge in [-0.1, -0.05) is 12.2 Å². The van der Waals surface area contributed by atoms with Crippen LogP contribution in [-0.2, 0) is 11.2 Å². The minimum Gasteiger partial charge on any atom is -0.342 e. The average molecular weight is 398 g/mol. The third-order valence-corrected chi connectivity index (χ3v) is 4.60. The standard InChI is InChI=1S/C22H31N5O2/c1-8-10-22(6,7)25-21(29)19-12-17(9-11-23-19)24-20(28)13-18-15(4)26-27(14(2)3)16(18)5/h8-12,14H,13H2,1-7H3,(H,25,29)(H,23,24,28)/b10-8-. The zero-order valence-corrected chi connectivity index (χ0v) is 18.3. The molecule has 0 saturated heterocycles. The average Bonchev–Trinajstić information content (AvgIpc) is 2.89. The Kier molecular flexibility index (Phi) is 6.95. The Morgan fingerprint density at radius 1 is 1.28 bits per heavy atom. The van der Waals surface area contributed by atoms with Gasteiger partial charge in [-0.15, -0.1) is 0 Å². The number of carbonyl (C=O) groups excluding carboxylic acids is 2. The van der Waals surface area contributed by atoms with Gasteiger partial charge in [0, 0.05) is 29.2 Å². The molecule has 2 heterocycles. The number of amides is 2. The van der Waals surface area contributed by atoms with Crippen molar-refractivity contribution in [2.75, 3.05) is 5.32 Å². The predicted octanol–water partition coefficient (Wildman–Crippen LogP) is 3.74. The van der Waals surface area contributed by atoms with E-state index in [2.05, 4.69) is 34.6 Å². The molecule has 0 aliphatic rings. The van der Waals surface area contributed by atoms with Gasteiger partial charge in [0.15, 0.2) is 0 Å². The number of pyridine rings is 1. The lowest BCUT2D eigenvalue weighted by atomic mass is 10.0. The first-order chi connectivity index (χ1) is 13.5. The summed E-state index contributed by atoms with van der Waals surface area (Å²) in [4.78, 5) is 29.2. The molecule has 2 amide bonds. The number of hydrogen-bond acceptors (Lipinski definition) is 4. The van der Waals surface area contributed by atoms with Gasteiger partial charge in [-0.25, -0.2) is 0 Å². The molecular formula is C22H31N5O2. The minimum atomic E-state index is -0.488. The highest BCUT2D eigenvalue weighted by molar-refractivity contribution is 5.96. The van der Waals surface area contributed by atoms with Gasteiger partial charge in [0.1, 0.15) is 5.69 Å². The molecule has 0 aromatic carbocycles. The first kappa shape index (κ1) is 22.3. The second kappa shape index (κ2) is 9.03. The van der Waals surface area contributed by atoms with E-state index in [-0.39, 0.29) is 30.0 Å². The molecule has 29 heavy (non-hydrogen) atoms. The highest BCUT2D eigenvalue weighted by Gasteiger charge is 2.20. The number of anilines is 1. The summed E-state index contributed by atoms with van der Waals surface area (Å²) in [6.45, 7) is 13.7. The molecule has 2 N–H and O–H groups in total. The Labute approximate surface area is 172 Å². The van der Waals surface area contributed by atoms with Gasteiger partial charge in [-0.2, -0.15) is 5.10 Å². The molecule has 0 aliphatic heterocycles. The van der Waals surface area contributed by atoms with Gasteiger partial charge in [-0.3, -0.25) is 19.3 Å². The number of nitrogens with zero attached hydrogens (tertiary/aromatic N) is 3. The van der Waals surface area contributed by atoms with E-state index in [1.165, 1.54) is 6.20 Å². The zero-order valence-electron chi connectivity index (χ0n) is 18.3. The summed E-state index contributed by atoms with van der Waals surface area (Å²) < 4.78 is 1.93. The van der Waals surface area contributed by atoms with Crippen LogP contribution in [0.4, 0.5) is 5.69 Å². The van der Waals surface area contributed by atoms with Gasteiger partial charge >= 0.3 is 0 Å². The van der Waals surface area contributed by atoms with Crippen molar-refractivity contribution in [3.05, 3.63) is 53.1 Å².